The van der Waals surface area contributed by atoms with E-state index < -0.39 is 11.8 Å². The predicted molar refractivity (Wildman–Crippen MR) is 101 cm³/mol. The lowest BCUT2D eigenvalue weighted by Gasteiger charge is -2.37. The first-order valence-corrected chi connectivity index (χ1v) is 8.93. The highest BCUT2D eigenvalue weighted by Gasteiger charge is 2.48. The first-order chi connectivity index (χ1) is 12.6. The van der Waals surface area contributed by atoms with E-state index in [1.165, 1.54) is 6.92 Å². The summed E-state index contributed by atoms with van der Waals surface area (Å²) in [6.07, 6.45) is 1.55. The van der Waals surface area contributed by atoms with E-state index in [2.05, 4.69) is 5.32 Å². The van der Waals surface area contributed by atoms with Gasteiger partial charge in [-0.25, -0.2) is 0 Å². The van der Waals surface area contributed by atoms with Crippen LogP contribution in [0.1, 0.15) is 29.0 Å². The number of fused-ring (bicyclic) bond motifs is 1. The molecule has 6 heteroatoms. The van der Waals surface area contributed by atoms with Crippen LogP contribution < -0.4 is 5.32 Å². The first-order valence-electron chi connectivity index (χ1n) is 8.52. The monoisotopic (exact) mass is 366 g/mol. The fourth-order valence-electron chi connectivity index (χ4n) is 3.78. The molecule has 0 bridgehead atoms. The molecule has 0 saturated carbocycles. The molecule has 0 radical (unpaired) electrons. The average Bonchev–Trinajstić information content (AvgIpc) is 3.33. The number of thiocarbonyl (C=S) groups is 1. The van der Waals surface area contributed by atoms with Gasteiger partial charge in [0.05, 0.1) is 23.1 Å². The second-order valence-electron chi connectivity index (χ2n) is 6.44. The lowest BCUT2D eigenvalue weighted by molar-refractivity contribution is -0.114. The van der Waals surface area contributed by atoms with E-state index in [4.69, 9.17) is 16.6 Å². The topological polar surface area (TPSA) is 62.6 Å². The highest BCUT2D eigenvalue weighted by atomic mass is 32.1. The summed E-state index contributed by atoms with van der Waals surface area (Å²) in [7, 11) is 0. The minimum Gasteiger partial charge on any atom is -0.469 e. The zero-order chi connectivity index (χ0) is 18.3. The van der Waals surface area contributed by atoms with Crippen LogP contribution >= 0.6 is 12.2 Å². The van der Waals surface area contributed by atoms with Crippen LogP contribution in [-0.4, -0.2) is 34.5 Å². The Morgan fingerprint density at radius 1 is 1.19 bits per heavy atom. The second kappa shape index (κ2) is 6.53. The van der Waals surface area contributed by atoms with Crippen molar-refractivity contribution in [3.05, 3.63) is 71.4 Å². The molecule has 3 heterocycles. The molecular formula is C20H18N2O3S. The normalized spacial score (nSPS) is 22.2. The molecule has 26 heavy (non-hydrogen) atoms. The molecule has 2 aliphatic heterocycles. The van der Waals surface area contributed by atoms with Crippen molar-refractivity contribution in [2.45, 2.75) is 12.8 Å². The summed E-state index contributed by atoms with van der Waals surface area (Å²) in [6.45, 7) is 2.85. The minimum atomic E-state index is -0.652. The van der Waals surface area contributed by atoms with Gasteiger partial charge in [0.25, 0.3) is 0 Å². The van der Waals surface area contributed by atoms with E-state index in [0.29, 0.717) is 40.8 Å². The number of nitrogens with zero attached hydrogens (tertiary/aromatic N) is 1. The molecule has 1 aromatic heterocycles. The van der Waals surface area contributed by atoms with Crippen molar-refractivity contribution in [2.75, 3.05) is 13.1 Å². The third kappa shape index (κ3) is 2.57. The molecule has 2 aromatic rings. The summed E-state index contributed by atoms with van der Waals surface area (Å²) in [5, 5.41) is 3.26. The summed E-state index contributed by atoms with van der Waals surface area (Å²) in [5.74, 6) is -0.0785. The Balaban J connectivity index is 1.90. The van der Waals surface area contributed by atoms with Gasteiger partial charge in [0.15, 0.2) is 11.6 Å². The van der Waals surface area contributed by atoms with Crippen LogP contribution in [0.5, 0.6) is 0 Å². The van der Waals surface area contributed by atoms with E-state index in [0.717, 1.165) is 0 Å². The Hall–Kier alpha value is -2.73. The molecule has 1 aromatic carbocycles. The SMILES string of the molecule is CC(=O)C1=C2NCCN2C(=S)[C@H](C(=O)c2ccccc2)[C@H]1c1ccco1. The summed E-state index contributed by atoms with van der Waals surface area (Å²) in [5.41, 5.74) is 1.13. The molecule has 0 amide bonds. The summed E-state index contributed by atoms with van der Waals surface area (Å²) >= 11 is 5.71. The van der Waals surface area contributed by atoms with Gasteiger partial charge in [-0.15, -0.1) is 0 Å². The van der Waals surface area contributed by atoms with E-state index in [1.54, 1.807) is 30.5 Å². The van der Waals surface area contributed by atoms with Crippen molar-refractivity contribution in [2.24, 2.45) is 5.92 Å². The standard InChI is InChI=1S/C20H18N2O3S/c1-12(23)15-16(14-8-5-11-25-14)17(18(24)13-6-3-2-4-7-13)20(26)22-10-9-21-19(15)22/h2-8,11,16-17,21H,9-10H2,1H3/t16-,17-/m0/s1. The summed E-state index contributed by atoms with van der Waals surface area (Å²) < 4.78 is 5.62. The van der Waals surface area contributed by atoms with Gasteiger partial charge >= 0.3 is 0 Å². The fourth-order valence-corrected chi connectivity index (χ4v) is 4.21. The first kappa shape index (κ1) is 16.7. The van der Waals surface area contributed by atoms with Gasteiger partial charge in [0.2, 0.25) is 0 Å². The molecule has 2 aliphatic rings. The molecule has 132 valence electrons. The van der Waals surface area contributed by atoms with Crippen molar-refractivity contribution in [3.63, 3.8) is 0 Å². The van der Waals surface area contributed by atoms with Crippen molar-refractivity contribution in [3.8, 4) is 0 Å². The quantitative estimate of drug-likeness (QED) is 0.663. The van der Waals surface area contributed by atoms with E-state index >= 15 is 0 Å². The third-order valence-electron chi connectivity index (χ3n) is 4.90. The van der Waals surface area contributed by atoms with Crippen LogP contribution in [0.4, 0.5) is 0 Å². The van der Waals surface area contributed by atoms with Crippen LogP contribution in [0.3, 0.4) is 0 Å². The molecule has 1 fully saturated rings. The maximum absolute atomic E-state index is 13.4. The maximum atomic E-state index is 13.4. The van der Waals surface area contributed by atoms with Gasteiger partial charge in [-0.1, -0.05) is 42.5 Å². The molecule has 5 nitrogen and oxygen atoms in total. The van der Waals surface area contributed by atoms with Gasteiger partial charge in [-0.05, 0) is 19.1 Å². The zero-order valence-electron chi connectivity index (χ0n) is 14.3. The number of furan rings is 1. The maximum Gasteiger partial charge on any atom is 0.173 e. The van der Waals surface area contributed by atoms with E-state index in [1.807, 2.05) is 23.1 Å². The average molecular weight is 366 g/mol. The van der Waals surface area contributed by atoms with Crippen molar-refractivity contribution >= 4 is 28.8 Å². The third-order valence-corrected chi connectivity index (χ3v) is 5.37. The van der Waals surface area contributed by atoms with Gasteiger partial charge in [0.1, 0.15) is 11.6 Å². The number of ketones is 2. The Bertz CT molecular complexity index is 902. The molecule has 0 spiro atoms. The molecular weight excluding hydrogens is 348 g/mol. The lowest BCUT2D eigenvalue weighted by Crippen LogP contribution is -2.46. The highest BCUT2D eigenvalue weighted by Crippen LogP contribution is 2.43. The van der Waals surface area contributed by atoms with Gasteiger partial charge in [-0.2, -0.15) is 0 Å². The van der Waals surface area contributed by atoms with Crippen LogP contribution in [0.15, 0.2) is 64.5 Å². The van der Waals surface area contributed by atoms with Crippen molar-refractivity contribution < 1.29 is 14.0 Å². The Morgan fingerprint density at radius 3 is 2.62 bits per heavy atom. The number of rotatable bonds is 4. The van der Waals surface area contributed by atoms with Crippen molar-refractivity contribution in [1.29, 1.82) is 0 Å². The molecule has 0 unspecified atom stereocenters. The molecule has 0 aliphatic carbocycles. The molecule has 1 saturated heterocycles. The lowest BCUT2D eigenvalue weighted by atomic mass is 9.75. The number of carbonyl (C=O) groups excluding carboxylic acids is 2. The number of carbonyl (C=O) groups is 2. The fraction of sp³-hybridized carbons (Fsp3) is 0.250. The van der Waals surface area contributed by atoms with Crippen LogP contribution in [0.2, 0.25) is 0 Å². The Labute approximate surface area is 156 Å². The predicted octanol–water partition coefficient (Wildman–Crippen LogP) is 2.91. The minimum absolute atomic E-state index is 0.0887. The number of nitrogens with one attached hydrogen (secondary N) is 1. The van der Waals surface area contributed by atoms with Crippen LogP contribution in [-0.2, 0) is 4.79 Å². The van der Waals surface area contributed by atoms with Crippen LogP contribution in [0, 0.1) is 5.92 Å². The number of benzene rings is 1. The Kier molecular flexibility index (Phi) is 4.20. The van der Waals surface area contributed by atoms with E-state index in [9.17, 15) is 9.59 Å². The smallest absolute Gasteiger partial charge is 0.173 e. The largest absolute Gasteiger partial charge is 0.469 e. The van der Waals surface area contributed by atoms with Crippen molar-refractivity contribution in [1.82, 2.24) is 10.2 Å². The Morgan fingerprint density at radius 2 is 1.96 bits per heavy atom. The molecule has 2 atom stereocenters. The molecule has 1 N–H and O–H groups in total. The summed E-state index contributed by atoms with van der Waals surface area (Å²) in [6, 6.07) is 12.6. The number of allylic oxidation sites excluding steroid dienone is 1. The number of hydrogen-bond acceptors (Lipinski definition) is 5. The van der Waals surface area contributed by atoms with Gasteiger partial charge < -0.3 is 14.6 Å². The van der Waals surface area contributed by atoms with Crippen LogP contribution in [0.25, 0.3) is 0 Å². The second-order valence-corrected chi connectivity index (χ2v) is 6.85. The highest BCUT2D eigenvalue weighted by molar-refractivity contribution is 7.80. The van der Waals surface area contributed by atoms with Gasteiger partial charge in [-0.3, -0.25) is 9.59 Å². The molecule has 4 rings (SSSR count). The number of hydrogen-bond donors (Lipinski definition) is 1. The van der Waals surface area contributed by atoms with E-state index in [-0.39, 0.29) is 11.6 Å². The zero-order valence-corrected chi connectivity index (χ0v) is 15.1. The van der Waals surface area contributed by atoms with Gasteiger partial charge in [0, 0.05) is 24.2 Å². The number of Topliss-reactive ketones (excluding diaryl/α,β-unsaturated/α-hetero) is 2. The summed E-state index contributed by atoms with van der Waals surface area (Å²) in [4.78, 5) is 28.3.